The van der Waals surface area contributed by atoms with Gasteiger partial charge < -0.3 is 15.6 Å². The van der Waals surface area contributed by atoms with Crippen LogP contribution in [0.3, 0.4) is 0 Å². The van der Waals surface area contributed by atoms with E-state index in [4.69, 9.17) is 5.21 Å². The van der Waals surface area contributed by atoms with Crippen LogP contribution < -0.4 is 5.32 Å². The summed E-state index contributed by atoms with van der Waals surface area (Å²) in [6, 6.07) is 5.38. The van der Waals surface area contributed by atoms with E-state index in [0.29, 0.717) is 17.0 Å². The molecule has 1 atom stereocenters. The van der Waals surface area contributed by atoms with Gasteiger partial charge in [0.15, 0.2) is 5.60 Å². The molecule has 5 nitrogen and oxygen atoms in total. The summed E-state index contributed by atoms with van der Waals surface area (Å²) < 4.78 is 0. The van der Waals surface area contributed by atoms with E-state index in [0.717, 1.165) is 5.56 Å². The number of carbonyl (C=O) groups is 1. The monoisotopic (exact) mass is 234 g/mol. The Morgan fingerprint density at radius 3 is 2.88 bits per heavy atom. The Kier molecular flexibility index (Phi) is 2.63. The average molecular weight is 234 g/mol. The molecule has 0 aliphatic carbocycles. The van der Waals surface area contributed by atoms with E-state index in [1.54, 1.807) is 19.1 Å². The van der Waals surface area contributed by atoms with Crippen LogP contribution in [0.5, 0.6) is 0 Å². The van der Waals surface area contributed by atoms with Crippen molar-refractivity contribution in [3.05, 3.63) is 29.3 Å². The summed E-state index contributed by atoms with van der Waals surface area (Å²) >= 11 is 0. The Morgan fingerprint density at radius 1 is 1.53 bits per heavy atom. The van der Waals surface area contributed by atoms with Gasteiger partial charge >= 0.3 is 0 Å². The van der Waals surface area contributed by atoms with Crippen LogP contribution in [-0.4, -0.2) is 21.9 Å². The third kappa shape index (κ3) is 1.78. The molecule has 0 saturated carbocycles. The molecule has 1 aliphatic heterocycles. The number of amides is 1. The molecule has 5 heteroatoms. The largest absolute Gasteiger partial charge is 0.411 e. The van der Waals surface area contributed by atoms with Crippen molar-refractivity contribution in [3.63, 3.8) is 0 Å². The molecular weight excluding hydrogens is 220 g/mol. The number of hydrogen-bond donors (Lipinski definition) is 3. The molecule has 0 saturated heterocycles. The molecule has 1 aromatic carbocycles. The first-order valence-corrected chi connectivity index (χ1v) is 5.30. The first-order valence-electron chi connectivity index (χ1n) is 5.30. The normalized spacial score (nSPS) is 23.5. The predicted molar refractivity (Wildman–Crippen MR) is 63.2 cm³/mol. The van der Waals surface area contributed by atoms with Crippen molar-refractivity contribution in [2.24, 2.45) is 5.16 Å². The summed E-state index contributed by atoms with van der Waals surface area (Å²) in [5.74, 6) is -0.485. The number of anilines is 1. The summed E-state index contributed by atoms with van der Waals surface area (Å²) in [6.07, 6.45) is -0.0220. The van der Waals surface area contributed by atoms with Gasteiger partial charge in [-0.1, -0.05) is 22.9 Å². The second kappa shape index (κ2) is 3.85. The number of rotatable bonds is 2. The van der Waals surface area contributed by atoms with Crippen LogP contribution in [0.1, 0.15) is 24.5 Å². The molecular formula is C12H14N2O3. The Hall–Kier alpha value is -1.88. The smallest absolute Gasteiger partial charge is 0.261 e. The third-order valence-corrected chi connectivity index (χ3v) is 2.93. The molecule has 1 amide bonds. The molecule has 17 heavy (non-hydrogen) atoms. The summed E-state index contributed by atoms with van der Waals surface area (Å²) in [5.41, 5.74) is 0.756. The van der Waals surface area contributed by atoms with Crippen molar-refractivity contribution in [2.45, 2.75) is 25.9 Å². The molecule has 1 aromatic rings. The van der Waals surface area contributed by atoms with Gasteiger partial charge in [0, 0.05) is 17.7 Å². The van der Waals surface area contributed by atoms with Gasteiger partial charge in [-0.2, -0.15) is 0 Å². The highest BCUT2D eigenvalue weighted by atomic mass is 16.4. The molecule has 0 spiro atoms. The number of nitrogens with one attached hydrogen (secondary N) is 1. The fourth-order valence-electron chi connectivity index (χ4n) is 2.04. The zero-order valence-electron chi connectivity index (χ0n) is 9.69. The van der Waals surface area contributed by atoms with Gasteiger partial charge in [0.1, 0.15) is 0 Å². The van der Waals surface area contributed by atoms with E-state index in [1.165, 1.54) is 0 Å². The first kappa shape index (κ1) is 11.6. The Balaban J connectivity index is 2.49. The average Bonchev–Trinajstić information content (AvgIpc) is 2.52. The SMILES string of the molecule is CC(CC1(O)C(=O)Nc2ccc(C)cc21)=NO. The maximum absolute atomic E-state index is 11.8. The van der Waals surface area contributed by atoms with Crippen molar-refractivity contribution < 1.29 is 15.1 Å². The van der Waals surface area contributed by atoms with Crippen LogP contribution >= 0.6 is 0 Å². The lowest BCUT2D eigenvalue weighted by molar-refractivity contribution is -0.132. The summed E-state index contributed by atoms with van der Waals surface area (Å²) in [6.45, 7) is 3.44. The number of nitrogens with zero attached hydrogens (tertiary/aromatic N) is 1. The van der Waals surface area contributed by atoms with Gasteiger partial charge in [-0.05, 0) is 19.9 Å². The second-order valence-electron chi connectivity index (χ2n) is 4.38. The number of aliphatic hydroxyl groups is 1. The van der Waals surface area contributed by atoms with Crippen LogP contribution in [0.2, 0.25) is 0 Å². The van der Waals surface area contributed by atoms with Gasteiger partial charge in [0.2, 0.25) is 0 Å². The van der Waals surface area contributed by atoms with Gasteiger partial charge in [0.05, 0.1) is 5.71 Å². The minimum atomic E-state index is -1.64. The Morgan fingerprint density at radius 2 is 2.24 bits per heavy atom. The van der Waals surface area contributed by atoms with Crippen molar-refractivity contribution in [2.75, 3.05) is 5.32 Å². The van der Waals surface area contributed by atoms with Crippen LogP contribution in [0.4, 0.5) is 5.69 Å². The number of benzene rings is 1. The zero-order valence-corrected chi connectivity index (χ0v) is 9.69. The van der Waals surface area contributed by atoms with Crippen molar-refractivity contribution in [3.8, 4) is 0 Å². The molecule has 0 bridgehead atoms. The number of carbonyl (C=O) groups excluding carboxylic acids is 1. The first-order chi connectivity index (χ1) is 7.97. The van der Waals surface area contributed by atoms with E-state index >= 15 is 0 Å². The molecule has 0 radical (unpaired) electrons. The lowest BCUT2D eigenvalue weighted by Gasteiger charge is -2.20. The number of aryl methyl sites for hydroxylation is 1. The second-order valence-corrected chi connectivity index (χ2v) is 4.38. The Labute approximate surface area is 98.8 Å². The van der Waals surface area contributed by atoms with Crippen molar-refractivity contribution in [1.82, 2.24) is 0 Å². The maximum atomic E-state index is 11.8. The molecule has 1 heterocycles. The topological polar surface area (TPSA) is 81.9 Å². The van der Waals surface area contributed by atoms with E-state index in [1.807, 2.05) is 13.0 Å². The quantitative estimate of drug-likeness (QED) is 0.410. The molecule has 0 aromatic heterocycles. The minimum Gasteiger partial charge on any atom is -0.411 e. The Bertz CT molecular complexity index is 510. The molecule has 1 unspecified atom stereocenters. The summed E-state index contributed by atoms with van der Waals surface area (Å²) in [4.78, 5) is 11.8. The highest BCUT2D eigenvalue weighted by molar-refractivity contribution is 6.07. The lowest BCUT2D eigenvalue weighted by atomic mass is 9.89. The van der Waals surface area contributed by atoms with Gasteiger partial charge in [-0.25, -0.2) is 0 Å². The van der Waals surface area contributed by atoms with Crippen LogP contribution in [0.25, 0.3) is 0 Å². The van der Waals surface area contributed by atoms with E-state index in [-0.39, 0.29) is 6.42 Å². The highest BCUT2D eigenvalue weighted by Crippen LogP contribution is 2.38. The third-order valence-electron chi connectivity index (χ3n) is 2.93. The molecule has 2 rings (SSSR count). The maximum Gasteiger partial charge on any atom is 0.261 e. The zero-order chi connectivity index (χ0) is 12.6. The van der Waals surface area contributed by atoms with Crippen molar-refractivity contribution in [1.29, 1.82) is 0 Å². The van der Waals surface area contributed by atoms with E-state index in [9.17, 15) is 9.90 Å². The van der Waals surface area contributed by atoms with Crippen molar-refractivity contribution >= 4 is 17.3 Å². The fraction of sp³-hybridized carbons (Fsp3) is 0.333. The summed E-state index contributed by atoms with van der Waals surface area (Å²) in [7, 11) is 0. The fourth-order valence-corrected chi connectivity index (χ4v) is 2.04. The minimum absolute atomic E-state index is 0.0220. The number of hydrogen-bond acceptors (Lipinski definition) is 4. The molecule has 1 aliphatic rings. The standard InChI is InChI=1S/C12H14N2O3/c1-7-3-4-10-9(5-7)12(16,11(15)13-10)6-8(2)14-17/h3-5,16-17H,6H2,1-2H3,(H,13,15). The predicted octanol–water partition coefficient (Wildman–Crippen LogP) is 1.37. The van der Waals surface area contributed by atoms with Crippen LogP contribution in [-0.2, 0) is 10.4 Å². The van der Waals surface area contributed by atoms with E-state index < -0.39 is 11.5 Å². The van der Waals surface area contributed by atoms with Gasteiger partial charge in [-0.3, -0.25) is 4.79 Å². The van der Waals surface area contributed by atoms with Crippen LogP contribution in [0.15, 0.2) is 23.4 Å². The molecule has 0 fully saturated rings. The molecule has 90 valence electrons. The van der Waals surface area contributed by atoms with Gasteiger partial charge in [0.25, 0.3) is 5.91 Å². The number of fused-ring (bicyclic) bond motifs is 1. The van der Waals surface area contributed by atoms with E-state index in [2.05, 4.69) is 10.5 Å². The lowest BCUT2D eigenvalue weighted by Crippen LogP contribution is -2.36. The summed E-state index contributed by atoms with van der Waals surface area (Å²) in [5, 5.41) is 24.7. The van der Waals surface area contributed by atoms with Gasteiger partial charge in [-0.15, -0.1) is 0 Å². The van der Waals surface area contributed by atoms with Crippen LogP contribution in [0, 0.1) is 6.92 Å². The highest BCUT2D eigenvalue weighted by Gasteiger charge is 2.45. The number of oxime groups is 1. The molecule has 3 N–H and O–H groups in total.